The second-order valence-corrected chi connectivity index (χ2v) is 10.6. The minimum Gasteiger partial charge on any atom is -0.461 e. The molecule has 0 saturated carbocycles. The van der Waals surface area contributed by atoms with Gasteiger partial charge in [-0.2, -0.15) is 0 Å². The third-order valence-electron chi connectivity index (χ3n) is 8.02. The lowest BCUT2D eigenvalue weighted by molar-refractivity contribution is -0.987. The van der Waals surface area contributed by atoms with E-state index < -0.39 is 0 Å². The van der Waals surface area contributed by atoms with Crippen molar-refractivity contribution in [3.8, 4) is 0 Å². The minimum absolute atomic E-state index is 0.0163. The number of carbonyl (C=O) groups excluding carboxylic acids is 1. The average Bonchev–Trinajstić information content (AvgIpc) is 2.92. The maximum atomic E-state index is 13.3. The Bertz CT molecular complexity index is 752. The number of piperidine rings is 1. The Morgan fingerprint density at radius 1 is 1.03 bits per heavy atom. The molecule has 2 fully saturated rings. The first-order valence-electron chi connectivity index (χ1n) is 12.2. The second-order valence-electron chi connectivity index (χ2n) is 10.6. The van der Waals surface area contributed by atoms with Gasteiger partial charge < -0.3 is 9.22 Å². The summed E-state index contributed by atoms with van der Waals surface area (Å²) in [5, 5.41) is 0. The predicted molar refractivity (Wildman–Crippen MR) is 123 cm³/mol. The molecular weight excluding hydrogens is 370 g/mol. The van der Waals surface area contributed by atoms with Crippen molar-refractivity contribution in [2.75, 3.05) is 6.54 Å². The zero-order valence-electron chi connectivity index (χ0n) is 19.3. The first kappa shape index (κ1) is 21.6. The molecule has 2 saturated heterocycles. The van der Waals surface area contributed by atoms with Gasteiger partial charge in [0.15, 0.2) is 0 Å². The van der Waals surface area contributed by atoms with E-state index in [1.807, 2.05) is 6.07 Å². The summed E-state index contributed by atoms with van der Waals surface area (Å²) in [4.78, 5) is 13.3. The van der Waals surface area contributed by atoms with Crippen LogP contribution in [0.5, 0.6) is 0 Å². The van der Waals surface area contributed by atoms with Crippen LogP contribution >= 0.6 is 0 Å². The SMILES string of the molecule is CC(C)C[N+]1(C(C)C)[C@@H]2CC[C@H]1CC(OC(=O)C1CCCC=C1c1ccccc1)C2. The lowest BCUT2D eigenvalue weighted by Crippen LogP contribution is -2.66. The van der Waals surface area contributed by atoms with E-state index in [4.69, 9.17) is 4.74 Å². The second kappa shape index (κ2) is 8.86. The fraction of sp³-hybridized carbons (Fsp3) is 0.667. The summed E-state index contributed by atoms with van der Waals surface area (Å²) in [5.41, 5.74) is 2.35. The molecule has 0 aromatic heterocycles. The molecule has 2 aliphatic heterocycles. The number of benzene rings is 1. The molecule has 0 amide bonds. The molecule has 0 spiro atoms. The fourth-order valence-electron chi connectivity index (χ4n) is 6.89. The molecule has 3 heteroatoms. The van der Waals surface area contributed by atoms with Gasteiger partial charge in [0.25, 0.3) is 0 Å². The Morgan fingerprint density at radius 2 is 1.70 bits per heavy atom. The summed E-state index contributed by atoms with van der Waals surface area (Å²) < 4.78 is 7.51. The number of hydrogen-bond acceptors (Lipinski definition) is 2. The lowest BCUT2D eigenvalue weighted by Gasteiger charge is -2.53. The standard InChI is InChI=1S/C27H40NO2/c1-19(2)18-28(20(3)4)22-14-15-23(28)17-24(16-22)30-27(29)26-13-9-8-12-25(26)21-10-6-5-7-11-21/h5-7,10-12,19-20,22-24,26H,8-9,13-18H2,1-4H3/q+1/t22-,23+,24?,26?,28?. The molecule has 3 unspecified atom stereocenters. The van der Waals surface area contributed by atoms with E-state index in [0.717, 1.165) is 32.1 Å². The molecule has 5 atom stereocenters. The number of hydrogen-bond donors (Lipinski definition) is 0. The van der Waals surface area contributed by atoms with Crippen LogP contribution in [0.1, 0.15) is 78.2 Å². The van der Waals surface area contributed by atoms with Crippen molar-refractivity contribution >= 4 is 11.5 Å². The summed E-state index contributed by atoms with van der Waals surface area (Å²) in [5.74, 6) is 0.624. The van der Waals surface area contributed by atoms with Crippen LogP contribution in [0.15, 0.2) is 36.4 Å². The van der Waals surface area contributed by atoms with Crippen molar-refractivity contribution in [3.63, 3.8) is 0 Å². The van der Waals surface area contributed by atoms with E-state index in [2.05, 4.69) is 58.0 Å². The number of fused-ring (bicyclic) bond motifs is 2. The summed E-state index contributed by atoms with van der Waals surface area (Å²) in [6, 6.07) is 12.4. The van der Waals surface area contributed by atoms with Gasteiger partial charge in [-0.3, -0.25) is 4.79 Å². The Kier molecular flexibility index (Phi) is 6.39. The van der Waals surface area contributed by atoms with Gasteiger partial charge in [0.2, 0.25) is 0 Å². The molecule has 2 bridgehead atoms. The highest BCUT2D eigenvalue weighted by Gasteiger charge is 2.56. The molecule has 4 rings (SSSR count). The van der Waals surface area contributed by atoms with Gasteiger partial charge in [-0.1, -0.05) is 50.3 Å². The van der Waals surface area contributed by atoms with Crippen molar-refractivity contribution in [1.29, 1.82) is 0 Å². The molecule has 1 aromatic rings. The number of ether oxygens (including phenoxy) is 1. The highest BCUT2D eigenvalue weighted by Crippen LogP contribution is 2.46. The van der Waals surface area contributed by atoms with Crippen molar-refractivity contribution in [2.24, 2.45) is 11.8 Å². The molecule has 1 aliphatic carbocycles. The fourth-order valence-corrected chi connectivity index (χ4v) is 6.89. The van der Waals surface area contributed by atoms with Gasteiger partial charge in [-0.15, -0.1) is 0 Å². The van der Waals surface area contributed by atoms with Crippen LogP contribution in [0.2, 0.25) is 0 Å². The number of nitrogens with zero attached hydrogens (tertiary/aromatic N) is 1. The zero-order valence-corrected chi connectivity index (χ0v) is 19.3. The Balaban J connectivity index is 1.46. The molecule has 0 N–H and O–H groups in total. The van der Waals surface area contributed by atoms with Gasteiger partial charge in [-0.05, 0) is 44.2 Å². The van der Waals surface area contributed by atoms with Gasteiger partial charge >= 0.3 is 5.97 Å². The number of allylic oxidation sites excluding steroid dienone is 1. The number of esters is 1. The van der Waals surface area contributed by atoms with Crippen LogP contribution < -0.4 is 0 Å². The molecule has 1 aromatic carbocycles. The maximum absolute atomic E-state index is 13.3. The normalized spacial score (nSPS) is 33.6. The summed E-state index contributed by atoms with van der Waals surface area (Å²) in [7, 11) is 0. The quantitative estimate of drug-likeness (QED) is 0.425. The third kappa shape index (κ3) is 3.98. The average molecular weight is 411 g/mol. The van der Waals surface area contributed by atoms with Gasteiger partial charge in [-0.25, -0.2) is 0 Å². The topological polar surface area (TPSA) is 26.3 Å². The molecule has 164 valence electrons. The van der Waals surface area contributed by atoms with Crippen LogP contribution in [-0.4, -0.2) is 41.2 Å². The van der Waals surface area contributed by atoms with E-state index in [-0.39, 0.29) is 18.0 Å². The number of carbonyl (C=O) groups is 1. The van der Waals surface area contributed by atoms with E-state index in [1.54, 1.807) is 0 Å². The molecule has 3 aliphatic rings. The number of rotatable bonds is 6. The highest BCUT2D eigenvalue weighted by atomic mass is 16.5. The third-order valence-corrected chi connectivity index (χ3v) is 8.02. The monoisotopic (exact) mass is 410 g/mol. The van der Waals surface area contributed by atoms with E-state index >= 15 is 0 Å². The molecule has 2 heterocycles. The lowest BCUT2D eigenvalue weighted by atomic mass is 9.83. The van der Waals surface area contributed by atoms with Crippen molar-refractivity contribution in [3.05, 3.63) is 42.0 Å². The van der Waals surface area contributed by atoms with Crippen LogP contribution in [0.3, 0.4) is 0 Å². The maximum Gasteiger partial charge on any atom is 0.313 e. The molecule has 30 heavy (non-hydrogen) atoms. The first-order chi connectivity index (χ1) is 14.4. The van der Waals surface area contributed by atoms with Crippen molar-refractivity contribution in [2.45, 2.75) is 96.9 Å². The van der Waals surface area contributed by atoms with Crippen molar-refractivity contribution in [1.82, 2.24) is 0 Å². The molecule has 3 nitrogen and oxygen atoms in total. The van der Waals surface area contributed by atoms with E-state index in [0.29, 0.717) is 24.0 Å². The van der Waals surface area contributed by atoms with Gasteiger partial charge in [0.05, 0.1) is 30.6 Å². The van der Waals surface area contributed by atoms with E-state index in [1.165, 1.54) is 35.0 Å². The summed E-state index contributed by atoms with van der Waals surface area (Å²) >= 11 is 0. The first-order valence-corrected chi connectivity index (χ1v) is 12.2. The highest BCUT2D eigenvalue weighted by molar-refractivity contribution is 5.89. The zero-order chi connectivity index (χ0) is 21.3. The van der Waals surface area contributed by atoms with Crippen LogP contribution in [0.4, 0.5) is 0 Å². The van der Waals surface area contributed by atoms with Crippen LogP contribution in [0, 0.1) is 11.8 Å². The minimum atomic E-state index is -0.0965. The largest absolute Gasteiger partial charge is 0.461 e. The van der Waals surface area contributed by atoms with Crippen LogP contribution in [0.25, 0.3) is 5.57 Å². The predicted octanol–water partition coefficient (Wildman–Crippen LogP) is 5.99. The molecular formula is C27H40NO2+. The number of quaternary nitrogens is 1. The Morgan fingerprint density at radius 3 is 2.30 bits per heavy atom. The Labute approximate surface area is 183 Å². The van der Waals surface area contributed by atoms with Crippen LogP contribution in [-0.2, 0) is 9.53 Å². The Hall–Kier alpha value is -1.61. The van der Waals surface area contributed by atoms with Gasteiger partial charge in [0.1, 0.15) is 6.10 Å². The summed E-state index contributed by atoms with van der Waals surface area (Å²) in [6.45, 7) is 10.8. The van der Waals surface area contributed by atoms with Gasteiger partial charge in [0, 0.05) is 31.6 Å². The smallest absolute Gasteiger partial charge is 0.313 e. The molecule has 0 radical (unpaired) electrons. The summed E-state index contributed by atoms with van der Waals surface area (Å²) in [6.07, 6.45) is 10.1. The van der Waals surface area contributed by atoms with Crippen molar-refractivity contribution < 1.29 is 14.0 Å². The van der Waals surface area contributed by atoms with E-state index in [9.17, 15) is 4.79 Å².